The summed E-state index contributed by atoms with van der Waals surface area (Å²) < 4.78 is 34.8. The van der Waals surface area contributed by atoms with Crippen molar-refractivity contribution < 1.29 is 51.8 Å². The van der Waals surface area contributed by atoms with Crippen LogP contribution < -0.4 is 29.6 Å². The van der Waals surface area contributed by atoms with E-state index in [0.29, 0.717) is 6.42 Å². The van der Waals surface area contributed by atoms with E-state index >= 15 is 0 Å². The molecule has 0 heterocycles. The minimum absolute atomic E-state index is 0. The van der Waals surface area contributed by atoms with Gasteiger partial charge in [-0.1, -0.05) is 84.0 Å². The molecule has 0 aromatic heterocycles. The van der Waals surface area contributed by atoms with Crippen LogP contribution in [-0.4, -0.2) is 30.8 Å². The van der Waals surface area contributed by atoms with Crippen LogP contribution in [0.5, 0.6) is 0 Å². The fourth-order valence-electron chi connectivity index (χ4n) is 2.83. The maximum absolute atomic E-state index is 10.2. The number of hydrogen-bond acceptors (Lipinski definition) is 5. The average Bonchev–Trinajstić information content (AvgIpc) is 2.51. The minimum atomic E-state index is -4.52. The van der Waals surface area contributed by atoms with Crippen LogP contribution in [0.1, 0.15) is 103 Å². The first kappa shape index (κ1) is 28.0. The van der Waals surface area contributed by atoms with E-state index < -0.39 is 10.4 Å². The zero-order valence-electron chi connectivity index (χ0n) is 16.4. The van der Waals surface area contributed by atoms with E-state index in [0.717, 1.165) is 44.9 Å². The van der Waals surface area contributed by atoms with Gasteiger partial charge in [-0.15, -0.1) is 0 Å². The summed E-state index contributed by atoms with van der Waals surface area (Å²) in [4.78, 5) is 0. The van der Waals surface area contributed by atoms with Crippen molar-refractivity contribution in [3.8, 4) is 0 Å². The van der Waals surface area contributed by atoms with Crippen molar-refractivity contribution in [3.63, 3.8) is 0 Å². The van der Waals surface area contributed by atoms with Gasteiger partial charge in [0.05, 0.1) is 12.7 Å². The molecule has 0 saturated carbocycles. The van der Waals surface area contributed by atoms with Crippen LogP contribution in [0, 0.1) is 0 Å². The average molecular weight is 389 g/mol. The second kappa shape index (κ2) is 19.6. The van der Waals surface area contributed by atoms with Gasteiger partial charge in [0.15, 0.2) is 0 Å². The van der Waals surface area contributed by atoms with Crippen molar-refractivity contribution in [2.24, 2.45) is 0 Å². The summed E-state index contributed by atoms with van der Waals surface area (Å²) in [5.41, 5.74) is 0. The van der Waals surface area contributed by atoms with Crippen molar-refractivity contribution in [1.82, 2.24) is 0 Å². The van der Waals surface area contributed by atoms with Gasteiger partial charge in [-0.2, -0.15) is 0 Å². The molecule has 0 unspecified atom stereocenters. The number of hydrogen-bond donors (Lipinski definition) is 1. The zero-order valence-corrected chi connectivity index (χ0v) is 19.2. The Balaban J connectivity index is 0. The molecule has 0 saturated heterocycles. The first-order chi connectivity index (χ1) is 11.5. The van der Waals surface area contributed by atoms with Crippen LogP contribution in [0.4, 0.5) is 0 Å². The third-order valence-corrected chi connectivity index (χ3v) is 4.76. The standard InChI is InChI=1S/C18H38O5S.Na/c1-2-3-4-12-15-18(19)16-13-10-8-6-5-7-9-11-14-17-23-24(20,21)22;/h18-19H,2-17H2,1H3,(H,20,21,22);/q;+1/p-1/t18-;/m1./s1. The number of rotatable bonds is 18. The van der Waals surface area contributed by atoms with Gasteiger partial charge in [0.1, 0.15) is 0 Å². The summed E-state index contributed by atoms with van der Waals surface area (Å²) in [5, 5.41) is 9.87. The predicted molar refractivity (Wildman–Crippen MR) is 96.6 cm³/mol. The van der Waals surface area contributed by atoms with Crippen molar-refractivity contribution in [1.29, 1.82) is 0 Å². The molecular formula is C18H37NaO5S. The number of unbranched alkanes of at least 4 members (excludes halogenated alkanes) is 11. The van der Waals surface area contributed by atoms with Gasteiger partial charge in [-0.3, -0.25) is 4.18 Å². The molecule has 0 fully saturated rings. The van der Waals surface area contributed by atoms with E-state index in [-0.39, 0.29) is 42.3 Å². The van der Waals surface area contributed by atoms with Crippen molar-refractivity contribution in [2.75, 3.05) is 6.61 Å². The Kier molecular flexibility index (Phi) is 22.0. The Hall–Kier alpha value is 0.830. The Morgan fingerprint density at radius 3 is 1.64 bits per heavy atom. The molecule has 1 atom stereocenters. The Labute approximate surface area is 177 Å². The predicted octanol–water partition coefficient (Wildman–Crippen LogP) is 1.70. The molecule has 0 aromatic carbocycles. The molecule has 5 nitrogen and oxygen atoms in total. The fraction of sp³-hybridized carbons (Fsp3) is 1.00. The molecule has 0 rings (SSSR count). The molecule has 146 valence electrons. The largest absolute Gasteiger partial charge is 1.00 e. The Morgan fingerprint density at radius 2 is 1.20 bits per heavy atom. The zero-order chi connectivity index (χ0) is 18.1. The molecule has 7 heteroatoms. The molecule has 0 spiro atoms. The number of aliphatic hydroxyl groups is 1. The third kappa shape index (κ3) is 24.8. The van der Waals surface area contributed by atoms with Crippen LogP contribution in [0.2, 0.25) is 0 Å². The van der Waals surface area contributed by atoms with Gasteiger partial charge in [-0.05, 0) is 19.3 Å². The van der Waals surface area contributed by atoms with E-state index in [1.165, 1.54) is 44.9 Å². The fourth-order valence-corrected chi connectivity index (χ4v) is 3.15. The van der Waals surface area contributed by atoms with E-state index in [1.54, 1.807) is 0 Å². The maximum Gasteiger partial charge on any atom is 1.00 e. The summed E-state index contributed by atoms with van der Waals surface area (Å²) in [7, 11) is -4.52. The second-order valence-electron chi connectivity index (χ2n) is 6.70. The van der Waals surface area contributed by atoms with E-state index in [4.69, 9.17) is 0 Å². The summed E-state index contributed by atoms with van der Waals surface area (Å²) in [5.74, 6) is 0. The monoisotopic (exact) mass is 388 g/mol. The molecular weight excluding hydrogens is 351 g/mol. The molecule has 0 radical (unpaired) electrons. The minimum Gasteiger partial charge on any atom is -0.726 e. The first-order valence-corrected chi connectivity index (χ1v) is 11.1. The SMILES string of the molecule is CCCCCC[C@@H](O)CCCCCCCCCCCOS(=O)(=O)[O-].[Na+]. The van der Waals surface area contributed by atoms with E-state index in [9.17, 15) is 18.1 Å². The van der Waals surface area contributed by atoms with Gasteiger partial charge < -0.3 is 9.66 Å². The van der Waals surface area contributed by atoms with Gasteiger partial charge in [0.2, 0.25) is 10.4 Å². The van der Waals surface area contributed by atoms with Crippen LogP contribution in [0.3, 0.4) is 0 Å². The summed E-state index contributed by atoms with van der Waals surface area (Å²) in [6, 6.07) is 0. The van der Waals surface area contributed by atoms with Crippen molar-refractivity contribution in [2.45, 2.75) is 109 Å². The number of aliphatic hydroxyl groups excluding tert-OH is 1. The third-order valence-electron chi connectivity index (χ3n) is 4.30. The smallest absolute Gasteiger partial charge is 0.726 e. The summed E-state index contributed by atoms with van der Waals surface area (Å²) in [6.45, 7) is 2.21. The van der Waals surface area contributed by atoms with Crippen molar-refractivity contribution >= 4 is 10.4 Å². The molecule has 0 amide bonds. The van der Waals surface area contributed by atoms with E-state index in [2.05, 4.69) is 11.1 Å². The Morgan fingerprint density at radius 1 is 0.800 bits per heavy atom. The first-order valence-electron chi connectivity index (χ1n) is 9.74. The quantitative estimate of drug-likeness (QED) is 0.167. The van der Waals surface area contributed by atoms with Crippen molar-refractivity contribution in [3.05, 3.63) is 0 Å². The van der Waals surface area contributed by atoms with Crippen LogP contribution in [0.15, 0.2) is 0 Å². The summed E-state index contributed by atoms with van der Waals surface area (Å²) >= 11 is 0. The van der Waals surface area contributed by atoms with Crippen LogP contribution >= 0.6 is 0 Å². The van der Waals surface area contributed by atoms with Gasteiger partial charge in [-0.25, -0.2) is 8.42 Å². The molecule has 25 heavy (non-hydrogen) atoms. The second-order valence-corrected chi connectivity index (χ2v) is 7.76. The van der Waals surface area contributed by atoms with E-state index in [1.807, 2.05) is 0 Å². The molecule has 0 aliphatic rings. The molecule has 0 aliphatic carbocycles. The van der Waals surface area contributed by atoms with Crippen LogP contribution in [-0.2, 0) is 14.6 Å². The maximum atomic E-state index is 10.2. The molecule has 0 bridgehead atoms. The normalized spacial score (nSPS) is 12.8. The summed E-state index contributed by atoms with van der Waals surface area (Å²) in [6.07, 6.45) is 16.4. The van der Waals surface area contributed by atoms with Crippen LogP contribution in [0.25, 0.3) is 0 Å². The van der Waals surface area contributed by atoms with Gasteiger partial charge in [0.25, 0.3) is 0 Å². The van der Waals surface area contributed by atoms with Gasteiger partial charge in [0, 0.05) is 0 Å². The van der Waals surface area contributed by atoms with Gasteiger partial charge >= 0.3 is 29.6 Å². The topological polar surface area (TPSA) is 86.7 Å². The molecule has 1 N–H and O–H groups in total. The Bertz CT molecular complexity index is 362. The molecule has 0 aliphatic heterocycles. The molecule has 0 aromatic rings.